The summed E-state index contributed by atoms with van der Waals surface area (Å²) >= 11 is 0. The van der Waals surface area contributed by atoms with Gasteiger partial charge in [-0.25, -0.2) is 12.8 Å². The van der Waals surface area contributed by atoms with Gasteiger partial charge in [-0.3, -0.25) is 23.8 Å². The van der Waals surface area contributed by atoms with Crippen LogP contribution in [0.1, 0.15) is 32.0 Å². The number of aryl methyl sites for hydroxylation is 1. The highest BCUT2D eigenvalue weighted by Gasteiger charge is 2.37. The lowest BCUT2D eigenvalue weighted by Crippen LogP contribution is -2.32. The Morgan fingerprint density at radius 3 is 2.52 bits per heavy atom. The summed E-state index contributed by atoms with van der Waals surface area (Å²) in [5, 5.41) is 0. The number of carbonyl (C=O) groups excluding carboxylic acids is 2. The Balaban J connectivity index is 1.74. The van der Waals surface area contributed by atoms with Crippen LogP contribution in [0.4, 0.5) is 10.1 Å². The number of sulfonamides is 1. The summed E-state index contributed by atoms with van der Waals surface area (Å²) in [5.41, 5.74) is 1.54. The quantitative estimate of drug-likeness (QED) is 0.570. The molecule has 0 fully saturated rings. The average molecular weight is 439 g/mol. The Labute approximate surface area is 178 Å². The minimum atomic E-state index is -4.18. The minimum absolute atomic E-state index is 0.0101. The number of aromatic nitrogens is 1. The number of carbonyl (C=O) groups is 2. The van der Waals surface area contributed by atoms with E-state index in [9.17, 15) is 22.4 Å². The molecule has 2 aromatic carbocycles. The fourth-order valence-electron chi connectivity index (χ4n) is 3.44. The van der Waals surface area contributed by atoms with Gasteiger partial charge in [0.1, 0.15) is 11.5 Å². The van der Waals surface area contributed by atoms with Gasteiger partial charge in [-0.05, 0) is 54.4 Å². The SMILES string of the molecule is Cc1cccc(N(C)S(=O)(=O)c2cc(F)ccc2CN2C(=O)c3cccnc3C2=O)c1. The van der Waals surface area contributed by atoms with E-state index < -0.39 is 27.7 Å². The number of hydrogen-bond donors (Lipinski definition) is 0. The van der Waals surface area contributed by atoms with Gasteiger partial charge in [0.05, 0.1) is 22.7 Å². The van der Waals surface area contributed by atoms with Crippen molar-refractivity contribution >= 4 is 27.5 Å². The molecule has 0 spiro atoms. The molecule has 2 amide bonds. The van der Waals surface area contributed by atoms with E-state index in [4.69, 9.17) is 0 Å². The first kappa shape index (κ1) is 20.7. The Bertz CT molecular complexity index is 1290. The van der Waals surface area contributed by atoms with Crippen molar-refractivity contribution in [3.05, 3.63) is 89.0 Å². The van der Waals surface area contributed by atoms with E-state index in [2.05, 4.69) is 4.98 Å². The van der Waals surface area contributed by atoms with Gasteiger partial charge in [-0.1, -0.05) is 18.2 Å². The van der Waals surface area contributed by atoms with Crippen molar-refractivity contribution in [1.29, 1.82) is 0 Å². The number of nitrogens with zero attached hydrogens (tertiary/aromatic N) is 3. The van der Waals surface area contributed by atoms with Crippen LogP contribution in [-0.2, 0) is 16.6 Å². The number of rotatable bonds is 5. The summed E-state index contributed by atoms with van der Waals surface area (Å²) in [7, 11) is -2.81. The van der Waals surface area contributed by atoms with E-state index in [1.54, 1.807) is 18.2 Å². The van der Waals surface area contributed by atoms with Gasteiger partial charge in [-0.2, -0.15) is 0 Å². The molecular weight excluding hydrogens is 421 g/mol. The fraction of sp³-hybridized carbons (Fsp3) is 0.136. The van der Waals surface area contributed by atoms with E-state index in [1.807, 2.05) is 13.0 Å². The van der Waals surface area contributed by atoms with Crippen molar-refractivity contribution in [2.75, 3.05) is 11.4 Å². The molecule has 0 saturated heterocycles. The minimum Gasteiger partial charge on any atom is -0.269 e. The van der Waals surface area contributed by atoms with Gasteiger partial charge in [0.2, 0.25) is 0 Å². The first-order chi connectivity index (χ1) is 14.7. The highest BCUT2D eigenvalue weighted by Crippen LogP contribution is 2.29. The lowest BCUT2D eigenvalue weighted by atomic mass is 10.2. The number of hydrogen-bond acceptors (Lipinski definition) is 5. The number of anilines is 1. The van der Waals surface area contributed by atoms with Crippen LogP contribution in [0, 0.1) is 12.7 Å². The van der Waals surface area contributed by atoms with Crippen molar-refractivity contribution in [1.82, 2.24) is 9.88 Å². The second kappa shape index (κ2) is 7.59. The maximum Gasteiger partial charge on any atom is 0.280 e. The Kier molecular flexibility index (Phi) is 5.06. The van der Waals surface area contributed by atoms with E-state index >= 15 is 0 Å². The van der Waals surface area contributed by atoms with Crippen LogP contribution in [0.25, 0.3) is 0 Å². The van der Waals surface area contributed by atoms with Crippen molar-refractivity contribution in [2.45, 2.75) is 18.4 Å². The standard InChI is InChI=1S/C22H18FN3O4S/c1-14-5-3-6-17(11-14)25(2)31(29,30)19-12-16(23)9-8-15(19)13-26-21(27)18-7-4-10-24-20(18)22(26)28/h3-12H,13H2,1-2H3. The van der Waals surface area contributed by atoms with Gasteiger partial charge in [0, 0.05) is 13.2 Å². The molecule has 1 aromatic heterocycles. The molecular formula is C22H18FN3O4S. The summed E-state index contributed by atoms with van der Waals surface area (Å²) in [6, 6.07) is 13.1. The van der Waals surface area contributed by atoms with E-state index in [0.717, 1.165) is 26.9 Å². The molecule has 3 aromatic rings. The number of imide groups is 1. The average Bonchev–Trinajstić information content (AvgIpc) is 2.99. The molecule has 0 unspecified atom stereocenters. The zero-order valence-corrected chi connectivity index (χ0v) is 17.6. The fourth-order valence-corrected chi connectivity index (χ4v) is 4.85. The number of halogens is 1. The zero-order valence-electron chi connectivity index (χ0n) is 16.7. The summed E-state index contributed by atoms with van der Waals surface area (Å²) < 4.78 is 41.8. The van der Waals surface area contributed by atoms with Gasteiger partial charge >= 0.3 is 0 Å². The van der Waals surface area contributed by atoms with Crippen LogP contribution in [0.3, 0.4) is 0 Å². The third kappa shape index (κ3) is 3.57. The van der Waals surface area contributed by atoms with E-state index in [-0.39, 0.29) is 28.3 Å². The first-order valence-corrected chi connectivity index (χ1v) is 10.8. The largest absolute Gasteiger partial charge is 0.280 e. The number of amides is 2. The predicted molar refractivity (Wildman–Crippen MR) is 112 cm³/mol. The molecule has 0 atom stereocenters. The number of benzene rings is 2. The molecule has 158 valence electrons. The van der Waals surface area contributed by atoms with E-state index in [0.29, 0.717) is 5.69 Å². The molecule has 0 N–H and O–H groups in total. The molecule has 31 heavy (non-hydrogen) atoms. The summed E-state index contributed by atoms with van der Waals surface area (Å²) in [6.07, 6.45) is 1.40. The normalized spacial score (nSPS) is 13.5. The first-order valence-electron chi connectivity index (χ1n) is 9.35. The molecule has 0 bridgehead atoms. The number of fused-ring (bicyclic) bond motifs is 1. The molecule has 7 nitrogen and oxygen atoms in total. The molecule has 1 aliphatic heterocycles. The third-order valence-corrected chi connectivity index (χ3v) is 6.96. The molecule has 0 radical (unpaired) electrons. The summed E-state index contributed by atoms with van der Waals surface area (Å²) in [6.45, 7) is 1.50. The van der Waals surface area contributed by atoms with Crippen molar-refractivity contribution < 1.29 is 22.4 Å². The second-order valence-electron chi connectivity index (χ2n) is 7.16. The van der Waals surface area contributed by atoms with Gasteiger partial charge in [0.25, 0.3) is 21.8 Å². The summed E-state index contributed by atoms with van der Waals surface area (Å²) in [4.78, 5) is 29.8. The van der Waals surface area contributed by atoms with Crippen molar-refractivity contribution in [3.8, 4) is 0 Å². The van der Waals surface area contributed by atoms with Gasteiger partial charge in [0.15, 0.2) is 0 Å². The smallest absolute Gasteiger partial charge is 0.269 e. The van der Waals surface area contributed by atoms with Crippen LogP contribution in [0.5, 0.6) is 0 Å². The van der Waals surface area contributed by atoms with Crippen molar-refractivity contribution in [3.63, 3.8) is 0 Å². The van der Waals surface area contributed by atoms with Crippen molar-refractivity contribution in [2.24, 2.45) is 0 Å². The highest BCUT2D eigenvalue weighted by atomic mass is 32.2. The highest BCUT2D eigenvalue weighted by molar-refractivity contribution is 7.92. The monoisotopic (exact) mass is 439 g/mol. The topological polar surface area (TPSA) is 87.7 Å². The van der Waals surface area contributed by atoms with Gasteiger partial charge < -0.3 is 0 Å². The molecule has 0 aliphatic carbocycles. The molecule has 9 heteroatoms. The maximum absolute atomic E-state index is 14.0. The summed E-state index contributed by atoms with van der Waals surface area (Å²) in [5.74, 6) is -1.95. The molecule has 1 aliphatic rings. The Morgan fingerprint density at radius 2 is 1.81 bits per heavy atom. The van der Waals surface area contributed by atoms with E-state index in [1.165, 1.54) is 31.4 Å². The lowest BCUT2D eigenvalue weighted by molar-refractivity contribution is 0.0639. The number of pyridine rings is 1. The van der Waals surface area contributed by atoms with Crippen LogP contribution in [0.15, 0.2) is 65.7 Å². The Hall–Kier alpha value is -3.59. The molecule has 0 saturated carbocycles. The zero-order chi connectivity index (χ0) is 22.3. The molecule has 4 rings (SSSR count). The Morgan fingerprint density at radius 1 is 1.03 bits per heavy atom. The third-order valence-electron chi connectivity index (χ3n) is 5.09. The van der Waals surface area contributed by atoms with Crippen LogP contribution in [-0.4, -0.2) is 37.2 Å². The van der Waals surface area contributed by atoms with Crippen LogP contribution >= 0.6 is 0 Å². The maximum atomic E-state index is 14.0. The molecule has 2 heterocycles. The lowest BCUT2D eigenvalue weighted by Gasteiger charge is -2.23. The van der Waals surface area contributed by atoms with Crippen LogP contribution < -0.4 is 4.31 Å². The van der Waals surface area contributed by atoms with Gasteiger partial charge in [-0.15, -0.1) is 0 Å². The van der Waals surface area contributed by atoms with Crippen LogP contribution in [0.2, 0.25) is 0 Å². The predicted octanol–water partition coefficient (Wildman–Crippen LogP) is 3.15. The second-order valence-corrected chi connectivity index (χ2v) is 9.10.